The lowest BCUT2D eigenvalue weighted by molar-refractivity contribution is -0.149. The van der Waals surface area contributed by atoms with Crippen LogP contribution in [0.5, 0.6) is 0 Å². The highest BCUT2D eigenvalue weighted by atomic mass is 35.5. The molecule has 0 fully saturated rings. The van der Waals surface area contributed by atoms with Gasteiger partial charge in [0.15, 0.2) is 0 Å². The predicted octanol–water partition coefficient (Wildman–Crippen LogP) is 4.24. The van der Waals surface area contributed by atoms with Crippen LogP contribution in [0, 0.1) is 11.8 Å². The molecule has 2 aromatic carbocycles. The number of benzene rings is 2. The molecule has 3 atom stereocenters. The Kier molecular flexibility index (Phi) is 5.15. The number of ether oxygens (including phenoxy) is 2. The first kappa shape index (κ1) is 19.0. The van der Waals surface area contributed by atoms with E-state index in [-0.39, 0.29) is 36.2 Å². The number of rotatable bonds is 5. The van der Waals surface area contributed by atoms with Gasteiger partial charge < -0.3 is 9.47 Å². The van der Waals surface area contributed by atoms with Gasteiger partial charge in [-0.05, 0) is 29.2 Å². The predicted molar refractivity (Wildman–Crippen MR) is 106 cm³/mol. The quantitative estimate of drug-likeness (QED) is 0.558. The van der Waals surface area contributed by atoms with E-state index in [2.05, 4.69) is 36.4 Å². The normalized spacial score (nSPS) is 25.4. The fraction of sp³-hybridized carbons (Fsp3) is 0.391. The standard InChI is InChI=1S/C23H23ClO4/c1-13(24)23(26)28-12-20-19(11-27-14(2)25)21-15-7-3-5-9-17(15)22(20)18-10-6-4-8-16(18)21/h3-10,13,19-22H,11-12H2,1-2H3/t13-,19+,20-,21?,22?/m1/s1. The van der Waals surface area contributed by atoms with Crippen LogP contribution in [0.4, 0.5) is 0 Å². The van der Waals surface area contributed by atoms with Crippen molar-refractivity contribution in [2.24, 2.45) is 11.8 Å². The van der Waals surface area contributed by atoms with Gasteiger partial charge >= 0.3 is 11.9 Å². The molecule has 0 aliphatic heterocycles. The molecule has 0 unspecified atom stereocenters. The molecule has 0 saturated carbocycles. The Morgan fingerprint density at radius 1 is 0.857 bits per heavy atom. The first-order valence-electron chi connectivity index (χ1n) is 9.60. The zero-order chi connectivity index (χ0) is 19.8. The van der Waals surface area contributed by atoms with Crippen LogP contribution in [0.15, 0.2) is 48.5 Å². The highest BCUT2D eigenvalue weighted by Gasteiger charge is 2.50. The highest BCUT2D eigenvalue weighted by molar-refractivity contribution is 6.29. The first-order valence-corrected chi connectivity index (χ1v) is 10.0. The third-order valence-corrected chi connectivity index (χ3v) is 6.14. The van der Waals surface area contributed by atoms with E-state index in [0.717, 1.165) is 0 Å². The minimum Gasteiger partial charge on any atom is -0.466 e. The SMILES string of the molecule is CC(=O)OC[C@@H]1C2c3ccccc3C(c3ccccc32)[C@@H]1COC(=O)[C@@H](C)Cl. The third kappa shape index (κ3) is 3.20. The summed E-state index contributed by atoms with van der Waals surface area (Å²) in [4.78, 5) is 23.5. The molecule has 0 spiro atoms. The van der Waals surface area contributed by atoms with Crippen LogP contribution in [-0.2, 0) is 19.1 Å². The van der Waals surface area contributed by atoms with Gasteiger partial charge in [0, 0.05) is 30.6 Å². The number of esters is 2. The molecule has 3 aliphatic carbocycles. The average Bonchev–Trinajstić information content (AvgIpc) is 2.70. The van der Waals surface area contributed by atoms with Crippen molar-refractivity contribution in [2.75, 3.05) is 13.2 Å². The highest BCUT2D eigenvalue weighted by Crippen LogP contribution is 2.58. The number of carbonyl (C=O) groups is 2. The number of fused-ring (bicyclic) bond motifs is 1. The van der Waals surface area contributed by atoms with E-state index < -0.39 is 11.3 Å². The van der Waals surface area contributed by atoms with Crippen LogP contribution in [0.3, 0.4) is 0 Å². The number of alkyl halides is 1. The van der Waals surface area contributed by atoms with Gasteiger partial charge in [-0.25, -0.2) is 0 Å². The molecule has 0 aromatic heterocycles. The van der Waals surface area contributed by atoms with E-state index in [1.54, 1.807) is 6.92 Å². The molecule has 146 valence electrons. The van der Waals surface area contributed by atoms with Gasteiger partial charge in [0.1, 0.15) is 5.38 Å². The van der Waals surface area contributed by atoms with Crippen molar-refractivity contribution in [3.05, 3.63) is 70.8 Å². The van der Waals surface area contributed by atoms with Gasteiger partial charge in [-0.1, -0.05) is 48.5 Å². The molecule has 0 heterocycles. The molecule has 28 heavy (non-hydrogen) atoms. The lowest BCUT2D eigenvalue weighted by Gasteiger charge is -2.50. The van der Waals surface area contributed by atoms with Gasteiger partial charge in [0.05, 0.1) is 13.2 Å². The molecular formula is C23H23ClO4. The zero-order valence-corrected chi connectivity index (χ0v) is 16.7. The van der Waals surface area contributed by atoms with Crippen molar-refractivity contribution in [1.82, 2.24) is 0 Å². The van der Waals surface area contributed by atoms with Gasteiger partial charge in [0.2, 0.25) is 0 Å². The first-order chi connectivity index (χ1) is 13.5. The Labute approximate surface area is 169 Å². The van der Waals surface area contributed by atoms with E-state index in [4.69, 9.17) is 21.1 Å². The minimum atomic E-state index is -0.688. The van der Waals surface area contributed by atoms with Gasteiger partial charge in [-0.3, -0.25) is 9.59 Å². The van der Waals surface area contributed by atoms with Crippen LogP contribution in [0.1, 0.15) is 47.9 Å². The number of hydrogen-bond acceptors (Lipinski definition) is 4. The summed E-state index contributed by atoms with van der Waals surface area (Å²) < 4.78 is 11.0. The van der Waals surface area contributed by atoms with E-state index >= 15 is 0 Å². The maximum Gasteiger partial charge on any atom is 0.323 e. The van der Waals surface area contributed by atoms with Crippen molar-refractivity contribution in [3.63, 3.8) is 0 Å². The molecule has 0 saturated heterocycles. The summed E-state index contributed by atoms with van der Waals surface area (Å²) in [6.07, 6.45) is 0. The number of halogens is 1. The van der Waals surface area contributed by atoms with E-state index in [0.29, 0.717) is 6.61 Å². The molecule has 2 aromatic rings. The average molecular weight is 399 g/mol. The molecule has 5 rings (SSSR count). The zero-order valence-electron chi connectivity index (χ0n) is 15.9. The summed E-state index contributed by atoms with van der Waals surface area (Å²) in [5.74, 6) is -0.458. The Balaban J connectivity index is 1.77. The largest absolute Gasteiger partial charge is 0.466 e. The van der Waals surface area contributed by atoms with Crippen LogP contribution in [0.25, 0.3) is 0 Å². The lowest BCUT2D eigenvalue weighted by Crippen LogP contribution is -2.44. The Bertz CT molecular complexity index is 859. The monoisotopic (exact) mass is 398 g/mol. The summed E-state index contributed by atoms with van der Waals surface area (Å²) in [5.41, 5.74) is 5.09. The molecule has 0 amide bonds. The Morgan fingerprint density at radius 3 is 1.61 bits per heavy atom. The van der Waals surface area contributed by atoms with Crippen LogP contribution in [-0.4, -0.2) is 30.5 Å². The second kappa shape index (κ2) is 7.59. The van der Waals surface area contributed by atoms with E-state index in [9.17, 15) is 9.59 Å². The van der Waals surface area contributed by atoms with Crippen molar-refractivity contribution >= 4 is 23.5 Å². The summed E-state index contributed by atoms with van der Waals surface area (Å²) in [7, 11) is 0. The van der Waals surface area contributed by atoms with Crippen molar-refractivity contribution in [3.8, 4) is 0 Å². The second-order valence-electron chi connectivity index (χ2n) is 7.59. The van der Waals surface area contributed by atoms with E-state index in [1.165, 1.54) is 29.2 Å². The summed E-state index contributed by atoms with van der Waals surface area (Å²) in [6.45, 7) is 3.59. The van der Waals surface area contributed by atoms with Crippen LogP contribution in [0.2, 0.25) is 0 Å². The molecule has 3 aliphatic rings. The Morgan fingerprint density at radius 2 is 1.25 bits per heavy atom. The number of carbonyl (C=O) groups excluding carboxylic acids is 2. The molecular weight excluding hydrogens is 376 g/mol. The van der Waals surface area contributed by atoms with Gasteiger partial charge in [-0.15, -0.1) is 11.6 Å². The summed E-state index contributed by atoms with van der Waals surface area (Å²) in [6, 6.07) is 16.8. The van der Waals surface area contributed by atoms with Crippen LogP contribution < -0.4 is 0 Å². The van der Waals surface area contributed by atoms with E-state index in [1.807, 2.05) is 12.1 Å². The maximum absolute atomic E-state index is 12.0. The fourth-order valence-corrected chi connectivity index (χ4v) is 4.92. The molecule has 5 heteroatoms. The van der Waals surface area contributed by atoms with Crippen molar-refractivity contribution in [2.45, 2.75) is 31.1 Å². The topological polar surface area (TPSA) is 52.6 Å². The summed E-state index contributed by atoms with van der Waals surface area (Å²) >= 11 is 5.88. The molecule has 0 radical (unpaired) electrons. The van der Waals surface area contributed by atoms with Crippen LogP contribution >= 0.6 is 11.6 Å². The minimum absolute atomic E-state index is 0.0218. The molecule has 2 bridgehead atoms. The maximum atomic E-state index is 12.0. The van der Waals surface area contributed by atoms with Gasteiger partial charge in [0.25, 0.3) is 0 Å². The lowest BCUT2D eigenvalue weighted by atomic mass is 9.54. The van der Waals surface area contributed by atoms with Gasteiger partial charge in [-0.2, -0.15) is 0 Å². The summed E-state index contributed by atoms with van der Waals surface area (Å²) in [5, 5.41) is -0.688. The van der Waals surface area contributed by atoms with Crippen molar-refractivity contribution in [1.29, 1.82) is 0 Å². The fourth-order valence-electron chi connectivity index (χ4n) is 4.85. The molecule has 0 N–H and O–H groups in total. The molecule has 4 nitrogen and oxygen atoms in total. The van der Waals surface area contributed by atoms with Crippen molar-refractivity contribution < 1.29 is 19.1 Å². The number of hydrogen-bond donors (Lipinski definition) is 0. The smallest absolute Gasteiger partial charge is 0.323 e. The third-order valence-electron chi connectivity index (χ3n) is 5.96. The Hall–Kier alpha value is -2.33. The second-order valence-corrected chi connectivity index (χ2v) is 8.24.